The number of nitrogens with zero attached hydrogens (tertiary/aromatic N) is 3. The Bertz CT molecular complexity index is 1180. The van der Waals surface area contributed by atoms with E-state index >= 15 is 0 Å². The van der Waals surface area contributed by atoms with Gasteiger partial charge in [0.2, 0.25) is 5.43 Å². The minimum Gasteiger partial charge on any atom is -0.502 e. The topological polar surface area (TPSA) is 94.9 Å². The quantitative estimate of drug-likeness (QED) is 0.753. The zero-order valence-corrected chi connectivity index (χ0v) is 18.0. The van der Waals surface area contributed by atoms with Crippen LogP contribution in [0.3, 0.4) is 0 Å². The number of pyridine rings is 1. The maximum Gasteiger partial charge on any atom is 0.278 e. The van der Waals surface area contributed by atoms with Crippen molar-refractivity contribution in [1.29, 1.82) is 0 Å². The number of amides is 2. The van der Waals surface area contributed by atoms with Crippen molar-refractivity contribution < 1.29 is 23.5 Å². The summed E-state index contributed by atoms with van der Waals surface area (Å²) >= 11 is 0. The van der Waals surface area contributed by atoms with E-state index in [9.17, 15) is 28.3 Å². The highest BCUT2D eigenvalue weighted by atomic mass is 19.1. The van der Waals surface area contributed by atoms with Crippen LogP contribution in [0.2, 0.25) is 0 Å². The minimum absolute atomic E-state index is 0.0303. The van der Waals surface area contributed by atoms with Gasteiger partial charge in [-0.05, 0) is 39.7 Å². The van der Waals surface area contributed by atoms with Gasteiger partial charge in [0.05, 0.1) is 0 Å². The van der Waals surface area contributed by atoms with Crippen LogP contribution in [0.5, 0.6) is 5.75 Å². The van der Waals surface area contributed by atoms with E-state index in [1.807, 2.05) is 25.8 Å². The number of nitrogens with one attached hydrogen (secondary N) is 1. The highest BCUT2D eigenvalue weighted by Gasteiger charge is 2.44. The molecule has 4 rings (SSSR count). The van der Waals surface area contributed by atoms with Crippen LogP contribution >= 0.6 is 0 Å². The maximum atomic E-state index is 13.9. The second-order valence-electron chi connectivity index (χ2n) is 8.85. The van der Waals surface area contributed by atoms with E-state index in [0.717, 1.165) is 18.9 Å². The number of fused-ring (bicyclic) bond motifs is 4. The first-order valence-electron chi connectivity index (χ1n) is 10.3. The van der Waals surface area contributed by atoms with E-state index in [-0.39, 0.29) is 36.1 Å². The van der Waals surface area contributed by atoms with E-state index in [1.165, 1.54) is 16.9 Å². The molecule has 2 aromatic rings. The molecule has 2 N–H and O–H groups in total. The van der Waals surface area contributed by atoms with Gasteiger partial charge in [-0.1, -0.05) is 6.07 Å². The summed E-state index contributed by atoms with van der Waals surface area (Å²) in [6.45, 7) is 5.79. The molecule has 10 heteroatoms. The van der Waals surface area contributed by atoms with Crippen LogP contribution in [-0.2, 0) is 6.54 Å². The maximum absolute atomic E-state index is 13.9. The number of aromatic nitrogens is 1. The molecule has 0 aliphatic carbocycles. The molecule has 1 atom stereocenters. The van der Waals surface area contributed by atoms with Crippen LogP contribution in [0.1, 0.15) is 60.0 Å². The van der Waals surface area contributed by atoms with Crippen molar-refractivity contribution >= 4 is 11.8 Å². The third-order valence-electron chi connectivity index (χ3n) is 6.29. The van der Waals surface area contributed by atoms with Crippen molar-refractivity contribution in [3.8, 4) is 5.75 Å². The summed E-state index contributed by atoms with van der Waals surface area (Å²) < 4.78 is 28.3. The third-order valence-corrected chi connectivity index (χ3v) is 6.29. The fraction of sp³-hybridized carbons (Fsp3) is 0.409. The first-order valence-corrected chi connectivity index (χ1v) is 10.3. The van der Waals surface area contributed by atoms with E-state index in [4.69, 9.17) is 0 Å². The predicted molar refractivity (Wildman–Crippen MR) is 112 cm³/mol. The Balaban J connectivity index is 1.71. The lowest BCUT2D eigenvalue weighted by molar-refractivity contribution is 0.0478. The SMILES string of the molecule is C[C@H]1CCC(C)(C)N2CN1n1cc(C(=O)NCc3ccc(F)cc3F)c(=O)c(O)c1C2=O. The van der Waals surface area contributed by atoms with Gasteiger partial charge in [-0.3, -0.25) is 24.1 Å². The molecule has 0 radical (unpaired) electrons. The van der Waals surface area contributed by atoms with Crippen LogP contribution in [-0.4, -0.2) is 44.7 Å². The van der Waals surface area contributed by atoms with Gasteiger partial charge < -0.3 is 15.3 Å². The molecule has 1 aromatic heterocycles. The molecule has 32 heavy (non-hydrogen) atoms. The van der Waals surface area contributed by atoms with Gasteiger partial charge in [-0.15, -0.1) is 0 Å². The number of hydrogen-bond acceptors (Lipinski definition) is 5. The van der Waals surface area contributed by atoms with Gasteiger partial charge in [-0.2, -0.15) is 0 Å². The summed E-state index contributed by atoms with van der Waals surface area (Å²) in [5, 5.41) is 14.9. The molecule has 2 amide bonds. The largest absolute Gasteiger partial charge is 0.502 e. The average Bonchev–Trinajstić information content (AvgIpc) is 2.83. The number of aromatic hydroxyl groups is 1. The van der Waals surface area contributed by atoms with Crippen LogP contribution in [0.15, 0.2) is 29.2 Å². The summed E-state index contributed by atoms with van der Waals surface area (Å²) in [6, 6.07) is 2.91. The number of carbonyl (C=O) groups is 2. The lowest BCUT2D eigenvalue weighted by Gasteiger charge is -2.45. The minimum atomic E-state index is -0.992. The van der Waals surface area contributed by atoms with Crippen molar-refractivity contribution in [2.45, 2.75) is 51.7 Å². The first kappa shape index (κ1) is 21.8. The van der Waals surface area contributed by atoms with Gasteiger partial charge in [-0.25, -0.2) is 8.78 Å². The average molecular weight is 446 g/mol. The fourth-order valence-corrected chi connectivity index (χ4v) is 4.16. The van der Waals surface area contributed by atoms with Crippen molar-refractivity contribution in [3.63, 3.8) is 0 Å². The van der Waals surface area contributed by atoms with E-state index < -0.39 is 40.2 Å². The molecule has 0 unspecified atom stereocenters. The molecule has 1 aromatic carbocycles. The molecule has 2 bridgehead atoms. The Hall–Kier alpha value is -3.43. The van der Waals surface area contributed by atoms with Crippen molar-refractivity contribution in [3.05, 3.63) is 63.1 Å². The molecule has 2 aliphatic rings. The third kappa shape index (κ3) is 3.49. The molecule has 8 nitrogen and oxygen atoms in total. The Morgan fingerprint density at radius 1 is 1.28 bits per heavy atom. The molecular formula is C22H24F2N4O4. The zero-order valence-electron chi connectivity index (χ0n) is 18.0. The first-order chi connectivity index (χ1) is 15.0. The van der Waals surface area contributed by atoms with Crippen LogP contribution < -0.4 is 15.8 Å². The van der Waals surface area contributed by atoms with E-state index in [0.29, 0.717) is 6.07 Å². The number of carbonyl (C=O) groups excluding carboxylic acids is 2. The summed E-state index contributed by atoms with van der Waals surface area (Å²) in [4.78, 5) is 40.2. The zero-order chi connectivity index (χ0) is 23.4. The number of rotatable bonds is 3. The van der Waals surface area contributed by atoms with Gasteiger partial charge in [0.25, 0.3) is 11.8 Å². The van der Waals surface area contributed by atoms with Crippen LogP contribution in [0.25, 0.3) is 0 Å². The van der Waals surface area contributed by atoms with Crippen molar-refractivity contribution in [1.82, 2.24) is 14.9 Å². The Morgan fingerprint density at radius 2 is 2.00 bits per heavy atom. The van der Waals surface area contributed by atoms with E-state index in [2.05, 4.69) is 5.32 Å². The highest BCUT2D eigenvalue weighted by molar-refractivity contribution is 5.99. The Kier molecular flexibility index (Phi) is 5.18. The second kappa shape index (κ2) is 7.61. The van der Waals surface area contributed by atoms with Crippen molar-refractivity contribution in [2.75, 3.05) is 11.7 Å². The molecule has 0 spiro atoms. The van der Waals surface area contributed by atoms with E-state index in [1.54, 1.807) is 4.90 Å². The van der Waals surface area contributed by atoms with Gasteiger partial charge >= 0.3 is 0 Å². The highest BCUT2D eigenvalue weighted by Crippen LogP contribution is 2.33. The van der Waals surface area contributed by atoms with Crippen molar-refractivity contribution in [2.24, 2.45) is 0 Å². The smallest absolute Gasteiger partial charge is 0.278 e. The van der Waals surface area contributed by atoms with Gasteiger partial charge in [0, 0.05) is 36.0 Å². The molecular weight excluding hydrogens is 422 g/mol. The lowest BCUT2D eigenvalue weighted by Crippen LogP contribution is -2.60. The monoisotopic (exact) mass is 446 g/mol. The Labute approximate surface area is 183 Å². The molecule has 3 heterocycles. The molecule has 0 saturated carbocycles. The normalized spacial score (nSPS) is 19.4. The Morgan fingerprint density at radius 3 is 2.69 bits per heavy atom. The van der Waals surface area contributed by atoms with Gasteiger partial charge in [0.15, 0.2) is 11.4 Å². The summed E-state index contributed by atoms with van der Waals surface area (Å²) in [5.41, 5.74) is -2.00. The standard InChI is InChI=1S/C22H24F2N4O4/c1-12-6-7-22(2,3)26-11-28(12)27-10-15(18(29)19(30)17(27)21(26)32)20(31)25-9-13-4-5-14(23)8-16(13)24/h4-5,8,10,12,30H,6-7,9,11H2,1-3H3,(H,25,31)/t12-/m0/s1. The fourth-order valence-electron chi connectivity index (χ4n) is 4.16. The summed E-state index contributed by atoms with van der Waals surface area (Å²) in [7, 11) is 0. The number of halogens is 2. The summed E-state index contributed by atoms with van der Waals surface area (Å²) in [6.07, 6.45) is 2.72. The van der Waals surface area contributed by atoms with Crippen LogP contribution in [0, 0.1) is 11.6 Å². The summed E-state index contributed by atoms with van der Waals surface area (Å²) in [5.74, 6) is -3.72. The number of hydrogen-bond donors (Lipinski definition) is 2. The number of benzene rings is 1. The lowest BCUT2D eigenvalue weighted by atomic mass is 9.95. The predicted octanol–water partition coefficient (Wildman–Crippen LogP) is 2.07. The second-order valence-corrected chi connectivity index (χ2v) is 8.85. The molecule has 170 valence electrons. The molecule has 1 saturated heterocycles. The molecule has 2 aliphatic heterocycles. The molecule has 1 fully saturated rings. The van der Waals surface area contributed by atoms with Crippen LogP contribution in [0.4, 0.5) is 8.78 Å². The van der Waals surface area contributed by atoms with Gasteiger partial charge in [0.1, 0.15) is 23.9 Å².